The van der Waals surface area contributed by atoms with Crippen molar-refractivity contribution in [1.82, 2.24) is 9.80 Å². The van der Waals surface area contributed by atoms with Gasteiger partial charge in [0.2, 0.25) is 0 Å². The summed E-state index contributed by atoms with van der Waals surface area (Å²) in [5, 5.41) is 12.5. The monoisotopic (exact) mass is 442 g/mol. The third-order valence-electron chi connectivity index (χ3n) is 6.01. The number of carbonyl (C=O) groups is 1. The van der Waals surface area contributed by atoms with Crippen LogP contribution in [0.4, 0.5) is 10.5 Å². The molecule has 1 aromatic carbocycles. The van der Waals surface area contributed by atoms with Crippen molar-refractivity contribution >= 4 is 11.8 Å². The zero-order valence-electron chi connectivity index (χ0n) is 20.5. The van der Waals surface area contributed by atoms with E-state index < -0.39 is 11.1 Å². The second-order valence-corrected chi connectivity index (χ2v) is 10.5. The van der Waals surface area contributed by atoms with Gasteiger partial charge in [-0.05, 0) is 77.6 Å². The van der Waals surface area contributed by atoms with Crippen LogP contribution in [-0.4, -0.2) is 65.4 Å². The number of nitrogens with one attached hydrogen (secondary N) is 1. The number of hydrogen-bond acceptors (Lipinski definition) is 6. The highest BCUT2D eigenvalue weighted by atomic mass is 16.6. The molecule has 1 saturated heterocycles. The van der Waals surface area contributed by atoms with Crippen LogP contribution in [0.1, 0.15) is 59.9 Å². The maximum atomic E-state index is 12.6. The molecule has 0 atom stereocenters. The fourth-order valence-electron chi connectivity index (χ4n) is 4.17. The van der Waals surface area contributed by atoms with Gasteiger partial charge in [-0.15, -0.1) is 0 Å². The third-order valence-corrected chi connectivity index (χ3v) is 6.01. The Morgan fingerprint density at radius 1 is 1.22 bits per heavy atom. The highest BCUT2D eigenvalue weighted by Gasteiger charge is 2.54. The number of anilines is 1. The van der Waals surface area contributed by atoms with Gasteiger partial charge >= 0.3 is 6.09 Å². The Labute approximate surface area is 192 Å². The minimum atomic E-state index is -0.617. The van der Waals surface area contributed by atoms with Crippen LogP contribution in [-0.2, 0) is 11.2 Å². The molecular formula is C25H38N4O3. The van der Waals surface area contributed by atoms with Crippen molar-refractivity contribution in [1.29, 1.82) is 5.26 Å². The number of carbonyl (C=O) groups excluding carboxylic acids is 1. The predicted molar refractivity (Wildman–Crippen MR) is 126 cm³/mol. The van der Waals surface area contributed by atoms with Gasteiger partial charge in [-0.3, -0.25) is 9.80 Å². The lowest BCUT2D eigenvalue weighted by atomic mass is 10.1. The highest BCUT2D eigenvalue weighted by molar-refractivity contribution is 5.70. The molecule has 1 amide bonds. The fourth-order valence-corrected chi connectivity index (χ4v) is 4.17. The summed E-state index contributed by atoms with van der Waals surface area (Å²) in [6.45, 7) is 15.4. The molecule has 0 radical (unpaired) electrons. The van der Waals surface area contributed by atoms with E-state index in [-0.39, 0.29) is 11.6 Å². The van der Waals surface area contributed by atoms with Crippen LogP contribution in [0.15, 0.2) is 18.2 Å². The molecule has 1 aliphatic carbocycles. The maximum absolute atomic E-state index is 12.6. The van der Waals surface area contributed by atoms with Gasteiger partial charge in [0, 0.05) is 31.9 Å². The van der Waals surface area contributed by atoms with Gasteiger partial charge in [0.1, 0.15) is 23.5 Å². The predicted octanol–water partition coefficient (Wildman–Crippen LogP) is 4.43. The molecule has 0 aromatic heterocycles. The zero-order valence-corrected chi connectivity index (χ0v) is 20.5. The second-order valence-electron chi connectivity index (χ2n) is 10.5. The molecule has 0 unspecified atom stereocenters. The normalized spacial score (nSPS) is 18.2. The fraction of sp³-hybridized carbons (Fsp3) is 0.680. The summed E-state index contributed by atoms with van der Waals surface area (Å²) >= 11 is 0. The van der Waals surface area contributed by atoms with Gasteiger partial charge in [-0.25, -0.2) is 4.79 Å². The number of piperazine rings is 1. The van der Waals surface area contributed by atoms with Crippen molar-refractivity contribution in [2.45, 2.75) is 77.5 Å². The van der Waals surface area contributed by atoms with Gasteiger partial charge in [-0.2, -0.15) is 5.26 Å². The molecule has 0 bridgehead atoms. The number of ether oxygens (including phenoxy) is 2. The number of rotatable bonds is 7. The first-order valence-corrected chi connectivity index (χ1v) is 11.7. The lowest BCUT2D eigenvalue weighted by Crippen LogP contribution is -2.58. The lowest BCUT2D eigenvalue weighted by molar-refractivity contribution is -0.00826. The van der Waals surface area contributed by atoms with E-state index in [9.17, 15) is 10.1 Å². The first kappa shape index (κ1) is 24.2. The van der Waals surface area contributed by atoms with E-state index in [0.29, 0.717) is 13.2 Å². The van der Waals surface area contributed by atoms with Crippen LogP contribution in [0.25, 0.3) is 0 Å². The summed E-state index contributed by atoms with van der Waals surface area (Å²) in [4.78, 5) is 17.0. The molecule has 1 heterocycles. The van der Waals surface area contributed by atoms with E-state index in [4.69, 9.17) is 9.47 Å². The number of nitrogens with zero attached hydrogens (tertiary/aromatic N) is 3. The minimum absolute atomic E-state index is 0.0595. The van der Waals surface area contributed by atoms with Gasteiger partial charge in [-0.1, -0.05) is 6.92 Å². The molecule has 2 fully saturated rings. The van der Waals surface area contributed by atoms with Crippen molar-refractivity contribution in [3.05, 3.63) is 23.8 Å². The lowest BCUT2D eigenvalue weighted by Gasteiger charge is -2.42. The standard InChI is InChI=1S/C25H38N4O3/c1-7-19-16-20(27-24(5,6)17-26)8-9-21(19)31-15-14-28-12-13-29(25(18-28)10-11-25)22(30)32-23(2,3)4/h8-9,16,27H,7,10-15,18H2,1-6H3. The van der Waals surface area contributed by atoms with E-state index in [2.05, 4.69) is 29.3 Å². The molecule has 7 heteroatoms. The van der Waals surface area contributed by atoms with E-state index in [0.717, 1.165) is 55.9 Å². The summed E-state index contributed by atoms with van der Waals surface area (Å²) in [7, 11) is 0. The van der Waals surface area contributed by atoms with Crippen LogP contribution < -0.4 is 10.1 Å². The first-order valence-electron chi connectivity index (χ1n) is 11.7. The smallest absolute Gasteiger partial charge is 0.410 e. The molecule has 1 aromatic rings. The summed E-state index contributed by atoms with van der Waals surface area (Å²) in [6.07, 6.45) is 2.75. The Balaban J connectivity index is 1.52. The van der Waals surface area contributed by atoms with Crippen LogP contribution in [0.2, 0.25) is 0 Å². The van der Waals surface area contributed by atoms with E-state index >= 15 is 0 Å². The van der Waals surface area contributed by atoms with E-state index in [1.54, 1.807) is 0 Å². The summed E-state index contributed by atoms with van der Waals surface area (Å²) in [5.74, 6) is 0.890. The van der Waals surface area contributed by atoms with Crippen LogP contribution >= 0.6 is 0 Å². The van der Waals surface area contributed by atoms with E-state index in [1.807, 2.05) is 51.7 Å². The van der Waals surface area contributed by atoms with Crippen molar-refractivity contribution in [3.63, 3.8) is 0 Å². The highest BCUT2D eigenvalue weighted by Crippen LogP contribution is 2.44. The largest absolute Gasteiger partial charge is 0.492 e. The molecule has 1 spiro atoms. The van der Waals surface area contributed by atoms with Gasteiger partial charge in [0.15, 0.2) is 0 Å². The topological polar surface area (TPSA) is 77.8 Å². The summed E-state index contributed by atoms with van der Waals surface area (Å²) in [6, 6.07) is 8.28. The Hall–Kier alpha value is -2.46. The SMILES string of the molecule is CCc1cc(NC(C)(C)C#N)ccc1OCCN1CCN(C(=O)OC(C)(C)C)C2(CC2)C1. The quantitative estimate of drug-likeness (QED) is 0.673. The van der Waals surface area contributed by atoms with Gasteiger partial charge in [0.05, 0.1) is 11.6 Å². The first-order chi connectivity index (χ1) is 15.0. The molecule has 3 rings (SSSR count). The molecule has 2 aliphatic rings. The van der Waals surface area contributed by atoms with Crippen LogP contribution in [0.5, 0.6) is 5.75 Å². The molecule has 1 aliphatic heterocycles. The van der Waals surface area contributed by atoms with Crippen LogP contribution in [0, 0.1) is 11.3 Å². The van der Waals surface area contributed by atoms with Crippen molar-refractivity contribution in [3.8, 4) is 11.8 Å². The number of amides is 1. The molecule has 32 heavy (non-hydrogen) atoms. The van der Waals surface area contributed by atoms with Gasteiger partial charge in [0.25, 0.3) is 0 Å². The molecular weight excluding hydrogens is 404 g/mol. The molecule has 7 nitrogen and oxygen atoms in total. The molecule has 176 valence electrons. The summed E-state index contributed by atoms with van der Waals surface area (Å²) < 4.78 is 11.8. The molecule has 1 saturated carbocycles. The molecule has 1 N–H and O–H groups in total. The van der Waals surface area contributed by atoms with Gasteiger partial charge < -0.3 is 14.8 Å². The van der Waals surface area contributed by atoms with Crippen molar-refractivity contribution in [2.75, 3.05) is 38.1 Å². The van der Waals surface area contributed by atoms with Crippen molar-refractivity contribution < 1.29 is 14.3 Å². The van der Waals surface area contributed by atoms with Crippen LogP contribution in [0.3, 0.4) is 0 Å². The maximum Gasteiger partial charge on any atom is 0.410 e. The average Bonchev–Trinajstić information content (AvgIpc) is 3.46. The number of nitriles is 1. The minimum Gasteiger partial charge on any atom is -0.492 e. The Kier molecular flexibility index (Phi) is 6.94. The third kappa shape index (κ3) is 6.07. The number of hydrogen-bond donors (Lipinski definition) is 1. The second kappa shape index (κ2) is 9.19. The zero-order chi connectivity index (χ0) is 23.6. The Bertz CT molecular complexity index is 865. The number of aryl methyl sites for hydroxylation is 1. The van der Waals surface area contributed by atoms with Crippen molar-refractivity contribution in [2.24, 2.45) is 0 Å². The Morgan fingerprint density at radius 2 is 1.94 bits per heavy atom. The summed E-state index contributed by atoms with van der Waals surface area (Å²) in [5.41, 5.74) is 0.903. The van der Waals surface area contributed by atoms with E-state index in [1.165, 1.54) is 0 Å². The Morgan fingerprint density at radius 3 is 2.53 bits per heavy atom. The average molecular weight is 443 g/mol. The number of benzene rings is 1.